The molecule has 0 saturated heterocycles. The highest BCUT2D eigenvalue weighted by Gasteiger charge is 2.33. The summed E-state index contributed by atoms with van der Waals surface area (Å²) in [6.45, 7) is 2.05. The molecule has 1 aliphatic rings. The molecule has 3 aromatic heterocycles. The summed E-state index contributed by atoms with van der Waals surface area (Å²) in [4.78, 5) is 6.50. The molecule has 5 rings (SSSR count). The number of rotatable bonds is 4. The van der Waals surface area contributed by atoms with Crippen LogP contribution in [-0.2, 0) is 0 Å². The number of aromatic nitrogens is 5. The van der Waals surface area contributed by atoms with E-state index in [9.17, 15) is 5.11 Å². The lowest BCUT2D eigenvalue weighted by atomic mass is 10.1. The molecule has 0 amide bonds. The Morgan fingerprint density at radius 1 is 1.24 bits per heavy atom. The van der Waals surface area contributed by atoms with Crippen LogP contribution in [0.1, 0.15) is 46.7 Å². The maximum Gasteiger partial charge on any atom is 0.141 e. The van der Waals surface area contributed by atoms with Crippen molar-refractivity contribution in [3.05, 3.63) is 64.8 Å². The zero-order valence-electron chi connectivity index (χ0n) is 13.7. The lowest BCUT2D eigenvalue weighted by Gasteiger charge is -2.09. The average molecular weight is 351 g/mol. The van der Waals surface area contributed by atoms with E-state index in [0.717, 1.165) is 16.2 Å². The fraction of sp³-hybridized carbons (Fsp3) is 0.278. The fourth-order valence-corrected chi connectivity index (χ4v) is 4.39. The summed E-state index contributed by atoms with van der Waals surface area (Å²) in [6, 6.07) is 8.06. The highest BCUT2D eigenvalue weighted by Crippen LogP contribution is 2.47. The zero-order chi connectivity index (χ0) is 17.0. The van der Waals surface area contributed by atoms with Crippen LogP contribution in [0.25, 0.3) is 10.5 Å². The van der Waals surface area contributed by atoms with E-state index in [0.29, 0.717) is 11.6 Å². The van der Waals surface area contributed by atoms with E-state index in [-0.39, 0.29) is 0 Å². The first-order valence-corrected chi connectivity index (χ1v) is 9.14. The van der Waals surface area contributed by atoms with Gasteiger partial charge in [0, 0.05) is 4.88 Å². The van der Waals surface area contributed by atoms with Crippen LogP contribution in [0.2, 0.25) is 0 Å². The minimum atomic E-state index is -0.808. The van der Waals surface area contributed by atoms with Gasteiger partial charge in [0.05, 0.1) is 23.8 Å². The molecule has 126 valence electrons. The van der Waals surface area contributed by atoms with Gasteiger partial charge >= 0.3 is 0 Å². The normalized spacial score (nSPS) is 15.8. The van der Waals surface area contributed by atoms with Crippen LogP contribution in [0.15, 0.2) is 43.0 Å². The van der Waals surface area contributed by atoms with Crippen LogP contribution in [0.5, 0.6) is 0 Å². The Morgan fingerprint density at radius 3 is 2.80 bits per heavy atom. The van der Waals surface area contributed by atoms with Crippen LogP contribution >= 0.6 is 11.3 Å². The van der Waals surface area contributed by atoms with E-state index < -0.39 is 6.10 Å². The number of aliphatic hydroxyl groups is 1. The second kappa shape index (κ2) is 5.50. The van der Waals surface area contributed by atoms with Gasteiger partial charge in [-0.05, 0) is 37.8 Å². The molecule has 1 aromatic carbocycles. The van der Waals surface area contributed by atoms with Gasteiger partial charge in [-0.15, -0.1) is 16.4 Å². The third-order valence-electron chi connectivity index (χ3n) is 4.63. The number of fused-ring (bicyclic) bond motifs is 1. The van der Waals surface area contributed by atoms with E-state index in [1.54, 1.807) is 28.5 Å². The number of aryl methyl sites for hydroxylation is 1. The molecule has 1 atom stereocenters. The maximum atomic E-state index is 11.0. The van der Waals surface area contributed by atoms with Crippen LogP contribution in [0.4, 0.5) is 0 Å². The van der Waals surface area contributed by atoms with Gasteiger partial charge in [0.25, 0.3) is 0 Å². The number of nitrogens with zero attached hydrogens (tertiary/aromatic N) is 5. The predicted octanol–water partition coefficient (Wildman–Crippen LogP) is 3.24. The smallest absolute Gasteiger partial charge is 0.141 e. The average Bonchev–Trinajstić information content (AvgIpc) is 3.04. The van der Waals surface area contributed by atoms with Crippen LogP contribution in [0.3, 0.4) is 0 Å². The number of hydrogen-bond acceptors (Lipinski definition) is 5. The topological polar surface area (TPSA) is 68.2 Å². The van der Waals surface area contributed by atoms with Crippen molar-refractivity contribution in [3.63, 3.8) is 0 Å². The first-order valence-electron chi connectivity index (χ1n) is 8.32. The highest BCUT2D eigenvalue weighted by molar-refractivity contribution is 7.17. The molecule has 0 bridgehead atoms. The third-order valence-corrected chi connectivity index (χ3v) is 5.90. The fourth-order valence-electron chi connectivity index (χ4n) is 3.09. The molecule has 1 N–H and O–H groups in total. The summed E-state index contributed by atoms with van der Waals surface area (Å²) in [7, 11) is 0. The van der Waals surface area contributed by atoms with E-state index in [2.05, 4.69) is 15.3 Å². The highest BCUT2D eigenvalue weighted by atomic mass is 32.1. The first kappa shape index (κ1) is 14.8. The minimum Gasteiger partial charge on any atom is -0.380 e. The predicted molar refractivity (Wildman–Crippen MR) is 95.2 cm³/mol. The molecule has 25 heavy (non-hydrogen) atoms. The SMILES string of the molecule is Cc1ccc(-n2cc(C(O)c3c(C4CC4)sc4cncn34)nn2)cc1. The van der Waals surface area contributed by atoms with Crippen LogP contribution < -0.4 is 0 Å². The molecule has 0 radical (unpaired) electrons. The second-order valence-corrected chi connectivity index (χ2v) is 7.62. The van der Waals surface area contributed by atoms with E-state index in [4.69, 9.17) is 0 Å². The van der Waals surface area contributed by atoms with Gasteiger partial charge in [0.1, 0.15) is 23.0 Å². The third kappa shape index (κ3) is 2.47. The summed E-state index contributed by atoms with van der Waals surface area (Å²) in [5.74, 6) is 0.557. The molecule has 0 spiro atoms. The molecule has 7 heteroatoms. The Labute approximate surface area is 148 Å². The second-order valence-electron chi connectivity index (χ2n) is 6.55. The summed E-state index contributed by atoms with van der Waals surface area (Å²) < 4.78 is 3.68. The van der Waals surface area contributed by atoms with Gasteiger partial charge in [0.15, 0.2) is 0 Å². The maximum absolute atomic E-state index is 11.0. The van der Waals surface area contributed by atoms with E-state index in [1.165, 1.54) is 23.3 Å². The molecule has 3 heterocycles. The number of aliphatic hydroxyl groups excluding tert-OH is 1. The monoisotopic (exact) mass is 351 g/mol. The standard InChI is InChI=1S/C18H17N5OS/c1-11-2-6-13(7-3-11)23-9-14(20-21-23)17(24)16-18(12-4-5-12)25-15-8-19-10-22(15)16/h2-3,6-10,12,17,24H,4-5H2,1H3. The summed E-state index contributed by atoms with van der Waals surface area (Å²) >= 11 is 1.71. The van der Waals surface area contributed by atoms with Gasteiger partial charge in [0.2, 0.25) is 0 Å². The zero-order valence-corrected chi connectivity index (χ0v) is 14.5. The molecule has 1 saturated carbocycles. The molecule has 1 aliphatic carbocycles. The van der Waals surface area contributed by atoms with E-state index >= 15 is 0 Å². The Bertz CT molecular complexity index is 1040. The Morgan fingerprint density at radius 2 is 2.04 bits per heavy atom. The molecule has 0 aliphatic heterocycles. The Kier molecular flexibility index (Phi) is 3.26. The van der Waals surface area contributed by atoms with Crippen molar-refractivity contribution in [2.75, 3.05) is 0 Å². The van der Waals surface area contributed by atoms with Gasteiger partial charge in [-0.3, -0.25) is 4.40 Å². The van der Waals surface area contributed by atoms with Crippen molar-refractivity contribution >= 4 is 16.2 Å². The number of thiazole rings is 1. The minimum absolute atomic E-state index is 0.552. The van der Waals surface area contributed by atoms with Crippen LogP contribution in [0, 0.1) is 6.92 Å². The molecule has 4 aromatic rings. The van der Waals surface area contributed by atoms with Gasteiger partial charge in [-0.1, -0.05) is 22.9 Å². The Hall–Kier alpha value is -2.51. The van der Waals surface area contributed by atoms with E-state index in [1.807, 2.05) is 41.8 Å². The number of imidazole rings is 1. The van der Waals surface area contributed by atoms with Crippen molar-refractivity contribution in [2.45, 2.75) is 31.8 Å². The summed E-state index contributed by atoms with van der Waals surface area (Å²) in [5, 5.41) is 19.4. The van der Waals surface area contributed by atoms with Gasteiger partial charge in [-0.25, -0.2) is 9.67 Å². The summed E-state index contributed by atoms with van der Waals surface area (Å²) in [6.07, 6.45) is 6.97. The number of benzene rings is 1. The van der Waals surface area contributed by atoms with Crippen molar-refractivity contribution in [1.29, 1.82) is 0 Å². The van der Waals surface area contributed by atoms with Gasteiger partial charge in [-0.2, -0.15) is 0 Å². The van der Waals surface area contributed by atoms with Crippen molar-refractivity contribution < 1.29 is 5.11 Å². The summed E-state index contributed by atoms with van der Waals surface area (Å²) in [5.41, 5.74) is 3.56. The van der Waals surface area contributed by atoms with Crippen molar-refractivity contribution in [3.8, 4) is 5.69 Å². The number of hydrogen-bond donors (Lipinski definition) is 1. The first-order chi connectivity index (χ1) is 12.2. The quantitative estimate of drug-likeness (QED) is 0.613. The molecule has 1 fully saturated rings. The molecule has 1 unspecified atom stereocenters. The lowest BCUT2D eigenvalue weighted by molar-refractivity contribution is 0.208. The van der Waals surface area contributed by atoms with Gasteiger partial charge < -0.3 is 5.11 Å². The van der Waals surface area contributed by atoms with Crippen molar-refractivity contribution in [2.24, 2.45) is 0 Å². The molecule has 6 nitrogen and oxygen atoms in total. The van der Waals surface area contributed by atoms with Crippen molar-refractivity contribution in [1.82, 2.24) is 24.4 Å². The van der Waals surface area contributed by atoms with Crippen LogP contribution in [-0.4, -0.2) is 29.5 Å². The molecular formula is C18H17N5OS. The largest absolute Gasteiger partial charge is 0.380 e. The molecular weight excluding hydrogens is 334 g/mol. The Balaban J connectivity index is 1.55. The lowest BCUT2D eigenvalue weighted by Crippen LogP contribution is -2.06.